The zero-order chi connectivity index (χ0) is 16.2. The Labute approximate surface area is 119 Å². The summed E-state index contributed by atoms with van der Waals surface area (Å²) < 4.78 is 52.5. The maximum absolute atomic E-state index is 13.8. The SMILES string of the molecule is CNC(=O)CCNS(=O)(=O)c1ccc(F)c(C(=O)O)c1F. The molecule has 1 rings (SSSR count). The smallest absolute Gasteiger partial charge is 0.341 e. The van der Waals surface area contributed by atoms with Gasteiger partial charge >= 0.3 is 5.97 Å². The van der Waals surface area contributed by atoms with Crippen LogP contribution in [-0.2, 0) is 14.8 Å². The summed E-state index contributed by atoms with van der Waals surface area (Å²) in [7, 11) is -3.05. The molecule has 21 heavy (non-hydrogen) atoms. The number of aromatic carboxylic acids is 1. The predicted molar refractivity (Wildman–Crippen MR) is 67.2 cm³/mol. The highest BCUT2D eigenvalue weighted by Gasteiger charge is 2.26. The molecule has 7 nitrogen and oxygen atoms in total. The first kappa shape index (κ1) is 17.0. The van der Waals surface area contributed by atoms with Crippen LogP contribution in [0.1, 0.15) is 16.8 Å². The largest absolute Gasteiger partial charge is 0.477 e. The lowest BCUT2D eigenvalue weighted by Gasteiger charge is -2.09. The highest BCUT2D eigenvalue weighted by atomic mass is 32.2. The van der Waals surface area contributed by atoms with Crippen LogP contribution < -0.4 is 10.0 Å². The number of nitrogens with one attached hydrogen (secondary N) is 2. The molecule has 0 aliphatic heterocycles. The van der Waals surface area contributed by atoms with Gasteiger partial charge in [0.2, 0.25) is 15.9 Å². The Bertz CT molecular complexity index is 675. The number of carboxylic acids is 1. The van der Waals surface area contributed by atoms with Gasteiger partial charge in [0, 0.05) is 20.0 Å². The highest BCUT2D eigenvalue weighted by Crippen LogP contribution is 2.21. The highest BCUT2D eigenvalue weighted by molar-refractivity contribution is 7.89. The molecule has 0 saturated carbocycles. The molecule has 116 valence electrons. The van der Waals surface area contributed by atoms with Gasteiger partial charge in [0.15, 0.2) is 5.82 Å². The Morgan fingerprint density at radius 2 is 1.90 bits per heavy atom. The molecule has 0 aliphatic rings. The fourth-order valence-electron chi connectivity index (χ4n) is 1.44. The number of halogens is 2. The average molecular weight is 322 g/mol. The molecule has 0 atom stereocenters. The van der Waals surface area contributed by atoms with Gasteiger partial charge in [-0.15, -0.1) is 0 Å². The first-order chi connectivity index (χ1) is 9.70. The predicted octanol–water partition coefficient (Wildman–Crippen LogP) is 0.0774. The van der Waals surface area contributed by atoms with Crippen molar-refractivity contribution in [2.45, 2.75) is 11.3 Å². The van der Waals surface area contributed by atoms with Crippen LogP contribution >= 0.6 is 0 Å². The van der Waals surface area contributed by atoms with Gasteiger partial charge in [-0.25, -0.2) is 26.7 Å². The molecule has 0 radical (unpaired) electrons. The van der Waals surface area contributed by atoms with E-state index in [-0.39, 0.29) is 13.0 Å². The van der Waals surface area contributed by atoms with Crippen LogP contribution in [-0.4, -0.2) is 39.0 Å². The number of carbonyl (C=O) groups is 2. The van der Waals surface area contributed by atoms with E-state index in [1.165, 1.54) is 7.05 Å². The van der Waals surface area contributed by atoms with Crippen molar-refractivity contribution in [3.63, 3.8) is 0 Å². The Kier molecular flexibility index (Phi) is 5.33. The van der Waals surface area contributed by atoms with E-state index in [0.29, 0.717) is 12.1 Å². The molecule has 0 aromatic heterocycles. The van der Waals surface area contributed by atoms with Crippen molar-refractivity contribution in [1.82, 2.24) is 10.0 Å². The zero-order valence-corrected chi connectivity index (χ0v) is 11.6. The van der Waals surface area contributed by atoms with Gasteiger partial charge < -0.3 is 10.4 Å². The molecule has 0 heterocycles. The third-order valence-corrected chi connectivity index (χ3v) is 3.96. The van der Waals surface area contributed by atoms with Crippen molar-refractivity contribution in [2.75, 3.05) is 13.6 Å². The van der Waals surface area contributed by atoms with Gasteiger partial charge in [0.25, 0.3) is 0 Å². The Morgan fingerprint density at radius 3 is 2.43 bits per heavy atom. The lowest BCUT2D eigenvalue weighted by Crippen LogP contribution is -2.30. The summed E-state index contributed by atoms with van der Waals surface area (Å²) in [6.45, 7) is -0.318. The summed E-state index contributed by atoms with van der Waals surface area (Å²) in [5, 5.41) is 10.9. The number of carbonyl (C=O) groups excluding carboxylic acids is 1. The lowest BCUT2D eigenvalue weighted by atomic mass is 10.2. The number of hydrogen-bond donors (Lipinski definition) is 3. The fourth-order valence-corrected chi connectivity index (χ4v) is 2.55. The van der Waals surface area contributed by atoms with Crippen LogP contribution in [0.2, 0.25) is 0 Å². The summed E-state index contributed by atoms with van der Waals surface area (Å²) in [5.41, 5.74) is -1.36. The van der Waals surface area contributed by atoms with E-state index in [0.717, 1.165) is 0 Å². The van der Waals surface area contributed by atoms with Crippen LogP contribution in [0.25, 0.3) is 0 Å². The van der Waals surface area contributed by atoms with E-state index in [1.54, 1.807) is 0 Å². The second-order valence-electron chi connectivity index (χ2n) is 3.86. The molecule has 0 bridgehead atoms. The fraction of sp³-hybridized carbons (Fsp3) is 0.273. The second kappa shape index (κ2) is 6.59. The zero-order valence-electron chi connectivity index (χ0n) is 10.8. The molecule has 1 amide bonds. The topological polar surface area (TPSA) is 113 Å². The summed E-state index contributed by atoms with van der Waals surface area (Å²) in [6.07, 6.45) is -0.190. The van der Waals surface area contributed by atoms with Crippen molar-refractivity contribution < 1.29 is 31.9 Å². The molecule has 10 heteroatoms. The maximum atomic E-state index is 13.8. The van der Waals surface area contributed by atoms with E-state index in [2.05, 4.69) is 5.32 Å². The first-order valence-corrected chi connectivity index (χ1v) is 7.10. The van der Waals surface area contributed by atoms with E-state index in [4.69, 9.17) is 5.11 Å². The van der Waals surface area contributed by atoms with Gasteiger partial charge in [-0.2, -0.15) is 0 Å². The van der Waals surface area contributed by atoms with Crippen molar-refractivity contribution in [3.8, 4) is 0 Å². The van der Waals surface area contributed by atoms with Crippen molar-refractivity contribution in [1.29, 1.82) is 0 Å². The molecule has 0 aliphatic carbocycles. The maximum Gasteiger partial charge on any atom is 0.341 e. The number of benzene rings is 1. The third-order valence-electron chi connectivity index (χ3n) is 2.48. The van der Waals surface area contributed by atoms with Crippen LogP contribution in [0, 0.1) is 11.6 Å². The quantitative estimate of drug-likeness (QED) is 0.686. The Hall–Kier alpha value is -2.07. The molecule has 0 spiro atoms. The van der Waals surface area contributed by atoms with Crippen LogP contribution in [0.3, 0.4) is 0 Å². The van der Waals surface area contributed by atoms with E-state index in [9.17, 15) is 26.8 Å². The number of carboxylic acid groups (broad SMARTS) is 1. The summed E-state index contributed by atoms with van der Waals surface area (Å²) in [6, 6.07) is 1.15. The minimum Gasteiger partial charge on any atom is -0.477 e. The Morgan fingerprint density at radius 1 is 1.29 bits per heavy atom. The van der Waals surface area contributed by atoms with Crippen LogP contribution in [0.15, 0.2) is 17.0 Å². The molecular formula is C11H12F2N2O5S. The third kappa shape index (κ3) is 3.95. The monoisotopic (exact) mass is 322 g/mol. The van der Waals surface area contributed by atoms with E-state index >= 15 is 0 Å². The summed E-state index contributed by atoms with van der Waals surface area (Å²) in [4.78, 5) is 20.7. The normalized spacial score (nSPS) is 11.2. The van der Waals surface area contributed by atoms with Crippen LogP contribution in [0.5, 0.6) is 0 Å². The number of hydrogen-bond acceptors (Lipinski definition) is 4. The molecule has 3 N–H and O–H groups in total. The van der Waals surface area contributed by atoms with Crippen molar-refractivity contribution in [2.24, 2.45) is 0 Å². The lowest BCUT2D eigenvalue weighted by molar-refractivity contribution is -0.120. The number of amides is 1. The summed E-state index contributed by atoms with van der Waals surface area (Å²) >= 11 is 0. The summed E-state index contributed by atoms with van der Waals surface area (Å²) in [5.74, 6) is -5.45. The standard InChI is InChI=1S/C11H12F2N2O5S/c1-14-8(16)4-5-15-21(19,20)7-3-2-6(12)9(10(7)13)11(17)18/h2-3,15H,4-5H2,1H3,(H,14,16)(H,17,18). The van der Waals surface area contributed by atoms with Crippen LogP contribution in [0.4, 0.5) is 8.78 Å². The van der Waals surface area contributed by atoms with Gasteiger partial charge in [-0.3, -0.25) is 4.79 Å². The molecule has 0 fully saturated rings. The van der Waals surface area contributed by atoms with Gasteiger partial charge in [-0.05, 0) is 12.1 Å². The van der Waals surface area contributed by atoms with Gasteiger partial charge in [0.1, 0.15) is 16.3 Å². The number of sulfonamides is 1. The molecule has 1 aromatic rings. The molecule has 0 saturated heterocycles. The molecule has 0 unspecified atom stereocenters. The van der Waals surface area contributed by atoms with E-state index < -0.39 is 44.0 Å². The minimum atomic E-state index is -4.40. The van der Waals surface area contributed by atoms with Gasteiger partial charge in [-0.1, -0.05) is 0 Å². The minimum absolute atomic E-state index is 0.190. The van der Waals surface area contributed by atoms with Gasteiger partial charge in [0.05, 0.1) is 0 Å². The molecule has 1 aromatic carbocycles. The average Bonchev–Trinajstić information content (AvgIpc) is 2.37. The second-order valence-corrected chi connectivity index (χ2v) is 5.60. The molecular weight excluding hydrogens is 310 g/mol. The van der Waals surface area contributed by atoms with Crippen molar-refractivity contribution in [3.05, 3.63) is 29.3 Å². The Balaban J connectivity index is 3.07. The first-order valence-electron chi connectivity index (χ1n) is 5.62. The number of rotatable bonds is 6. The van der Waals surface area contributed by atoms with E-state index in [1.807, 2.05) is 4.72 Å². The van der Waals surface area contributed by atoms with Crippen molar-refractivity contribution >= 4 is 21.9 Å².